The third-order valence-electron chi connectivity index (χ3n) is 1.93. The van der Waals surface area contributed by atoms with Crippen LogP contribution >= 0.6 is 11.6 Å². The summed E-state index contributed by atoms with van der Waals surface area (Å²) in [6.45, 7) is 3.48. The van der Waals surface area contributed by atoms with E-state index in [1.807, 2.05) is 6.08 Å². The molecule has 1 N–H and O–H groups in total. The Kier molecular flexibility index (Phi) is 1.65. The lowest BCUT2D eigenvalue weighted by molar-refractivity contribution is 0.0853. The molecule has 0 radical (unpaired) electrons. The van der Waals surface area contributed by atoms with Crippen molar-refractivity contribution in [3.63, 3.8) is 0 Å². The minimum Gasteiger partial charge on any atom is -0.384 e. The molecule has 10 heavy (non-hydrogen) atoms. The second-order valence-electron chi connectivity index (χ2n) is 2.94. The summed E-state index contributed by atoms with van der Waals surface area (Å²) in [5, 5.41) is 9.63. The third kappa shape index (κ3) is 1.11. The van der Waals surface area contributed by atoms with Crippen LogP contribution in [0, 0.1) is 0 Å². The van der Waals surface area contributed by atoms with E-state index in [0.717, 1.165) is 0 Å². The second-order valence-corrected chi connectivity index (χ2v) is 3.73. The molecule has 0 aliphatic heterocycles. The molecule has 1 aliphatic rings. The molecule has 0 bridgehead atoms. The third-order valence-corrected chi connectivity index (χ3v) is 2.44. The fraction of sp³-hybridized carbons (Fsp3) is 0.500. The van der Waals surface area contributed by atoms with E-state index in [1.54, 1.807) is 32.1 Å². The highest BCUT2D eigenvalue weighted by Gasteiger charge is 2.38. The summed E-state index contributed by atoms with van der Waals surface area (Å²) >= 11 is 5.98. The van der Waals surface area contributed by atoms with Crippen molar-refractivity contribution in [2.24, 2.45) is 0 Å². The molecule has 2 unspecified atom stereocenters. The SMILES string of the molecule is CC1(O)C=CC=CC1(C)Cl. The van der Waals surface area contributed by atoms with E-state index in [9.17, 15) is 5.11 Å². The van der Waals surface area contributed by atoms with Crippen molar-refractivity contribution in [3.8, 4) is 0 Å². The van der Waals surface area contributed by atoms with Crippen LogP contribution in [0.5, 0.6) is 0 Å². The Morgan fingerprint density at radius 2 is 1.70 bits per heavy atom. The number of rotatable bonds is 0. The molecule has 0 aromatic heterocycles. The van der Waals surface area contributed by atoms with Crippen LogP contribution in [0.2, 0.25) is 0 Å². The van der Waals surface area contributed by atoms with E-state index in [-0.39, 0.29) is 0 Å². The van der Waals surface area contributed by atoms with Gasteiger partial charge in [0.15, 0.2) is 0 Å². The van der Waals surface area contributed by atoms with Gasteiger partial charge in [0.25, 0.3) is 0 Å². The molecule has 1 rings (SSSR count). The van der Waals surface area contributed by atoms with Gasteiger partial charge >= 0.3 is 0 Å². The molecule has 2 atom stereocenters. The number of aliphatic hydroxyl groups is 1. The first-order valence-electron chi connectivity index (χ1n) is 3.24. The molecule has 0 aromatic carbocycles. The zero-order chi connectivity index (χ0) is 7.83. The Morgan fingerprint density at radius 3 is 2.00 bits per heavy atom. The van der Waals surface area contributed by atoms with Crippen LogP contribution in [0.3, 0.4) is 0 Å². The highest BCUT2D eigenvalue weighted by atomic mass is 35.5. The highest BCUT2D eigenvalue weighted by Crippen LogP contribution is 2.33. The van der Waals surface area contributed by atoms with Gasteiger partial charge in [0.1, 0.15) is 5.60 Å². The molecule has 2 heteroatoms. The predicted octanol–water partition coefficient (Wildman–Crippen LogP) is 1.86. The molecule has 0 saturated carbocycles. The maximum Gasteiger partial charge on any atom is 0.103 e. The smallest absolute Gasteiger partial charge is 0.103 e. The van der Waals surface area contributed by atoms with Gasteiger partial charge in [0.2, 0.25) is 0 Å². The van der Waals surface area contributed by atoms with Crippen LogP contribution in [0.1, 0.15) is 13.8 Å². The van der Waals surface area contributed by atoms with Gasteiger partial charge in [-0.05, 0) is 13.8 Å². The van der Waals surface area contributed by atoms with Crippen LogP contribution in [0.15, 0.2) is 24.3 Å². The fourth-order valence-corrected chi connectivity index (χ4v) is 0.947. The summed E-state index contributed by atoms with van der Waals surface area (Å²) in [5.41, 5.74) is -0.927. The second kappa shape index (κ2) is 2.11. The average Bonchev–Trinajstić information content (AvgIpc) is 1.77. The minimum absolute atomic E-state index is 0.665. The van der Waals surface area contributed by atoms with Gasteiger partial charge in [-0.3, -0.25) is 0 Å². The first-order valence-corrected chi connectivity index (χ1v) is 3.62. The largest absolute Gasteiger partial charge is 0.384 e. The lowest BCUT2D eigenvalue weighted by atomic mass is 9.86. The molecular formula is C8H11ClO. The number of hydrogen-bond donors (Lipinski definition) is 1. The van der Waals surface area contributed by atoms with Crippen LogP contribution < -0.4 is 0 Å². The summed E-state index contributed by atoms with van der Waals surface area (Å²) in [5.74, 6) is 0. The maximum atomic E-state index is 9.63. The summed E-state index contributed by atoms with van der Waals surface area (Å²) in [7, 11) is 0. The zero-order valence-electron chi connectivity index (χ0n) is 6.13. The van der Waals surface area contributed by atoms with E-state index >= 15 is 0 Å². The molecule has 0 fully saturated rings. The van der Waals surface area contributed by atoms with Crippen molar-refractivity contribution < 1.29 is 5.11 Å². The van der Waals surface area contributed by atoms with Gasteiger partial charge in [0.05, 0.1) is 4.87 Å². The number of allylic oxidation sites excluding steroid dienone is 2. The quantitative estimate of drug-likeness (QED) is 0.534. The number of hydrogen-bond acceptors (Lipinski definition) is 1. The molecule has 0 aromatic rings. The molecule has 0 amide bonds. The Bertz CT molecular complexity index is 167. The molecule has 1 aliphatic carbocycles. The van der Waals surface area contributed by atoms with Crippen LogP contribution in [-0.2, 0) is 0 Å². The van der Waals surface area contributed by atoms with Crippen molar-refractivity contribution in [2.75, 3.05) is 0 Å². The Morgan fingerprint density at radius 1 is 1.20 bits per heavy atom. The molecule has 0 spiro atoms. The van der Waals surface area contributed by atoms with Crippen LogP contribution in [-0.4, -0.2) is 15.6 Å². The van der Waals surface area contributed by atoms with Crippen LogP contribution in [0.4, 0.5) is 0 Å². The maximum absolute atomic E-state index is 9.63. The summed E-state index contributed by atoms with van der Waals surface area (Å²) < 4.78 is 0. The van der Waals surface area contributed by atoms with Gasteiger partial charge in [0, 0.05) is 0 Å². The Hall–Kier alpha value is -0.270. The van der Waals surface area contributed by atoms with E-state index < -0.39 is 10.5 Å². The minimum atomic E-state index is -0.927. The van der Waals surface area contributed by atoms with Gasteiger partial charge in [-0.25, -0.2) is 0 Å². The van der Waals surface area contributed by atoms with Crippen molar-refractivity contribution in [3.05, 3.63) is 24.3 Å². The van der Waals surface area contributed by atoms with Crippen LogP contribution in [0.25, 0.3) is 0 Å². The van der Waals surface area contributed by atoms with E-state index in [4.69, 9.17) is 11.6 Å². The first-order chi connectivity index (χ1) is 4.46. The molecular weight excluding hydrogens is 148 g/mol. The topological polar surface area (TPSA) is 20.2 Å². The molecule has 0 heterocycles. The van der Waals surface area contributed by atoms with E-state index in [2.05, 4.69) is 0 Å². The van der Waals surface area contributed by atoms with E-state index in [1.165, 1.54) is 0 Å². The Balaban J connectivity index is 2.96. The monoisotopic (exact) mass is 158 g/mol. The summed E-state index contributed by atoms with van der Waals surface area (Å²) in [6.07, 6.45) is 7.11. The van der Waals surface area contributed by atoms with Crippen molar-refractivity contribution in [1.29, 1.82) is 0 Å². The average molecular weight is 159 g/mol. The number of halogens is 1. The van der Waals surface area contributed by atoms with E-state index in [0.29, 0.717) is 0 Å². The standard InChI is InChI=1S/C8H11ClO/c1-7(9)5-3-4-6-8(7,2)10/h3-6,10H,1-2H3. The summed E-state index contributed by atoms with van der Waals surface area (Å²) in [4.78, 5) is -0.665. The first kappa shape index (κ1) is 7.83. The predicted molar refractivity (Wildman–Crippen MR) is 43.2 cm³/mol. The number of alkyl halides is 1. The lowest BCUT2D eigenvalue weighted by Gasteiger charge is -2.34. The molecule has 1 nitrogen and oxygen atoms in total. The zero-order valence-corrected chi connectivity index (χ0v) is 6.89. The van der Waals surface area contributed by atoms with Crippen molar-refractivity contribution >= 4 is 11.6 Å². The molecule has 0 saturated heterocycles. The lowest BCUT2D eigenvalue weighted by Crippen LogP contribution is -2.43. The highest BCUT2D eigenvalue weighted by molar-refractivity contribution is 6.26. The Labute approximate surface area is 66.0 Å². The van der Waals surface area contributed by atoms with Gasteiger partial charge in [-0.15, -0.1) is 11.6 Å². The van der Waals surface area contributed by atoms with Crippen molar-refractivity contribution in [2.45, 2.75) is 24.3 Å². The normalized spacial score (nSPS) is 46.0. The van der Waals surface area contributed by atoms with Gasteiger partial charge in [-0.2, -0.15) is 0 Å². The fourth-order valence-electron chi connectivity index (χ4n) is 0.811. The van der Waals surface area contributed by atoms with Gasteiger partial charge < -0.3 is 5.11 Å². The summed E-state index contributed by atoms with van der Waals surface area (Å²) in [6, 6.07) is 0. The van der Waals surface area contributed by atoms with Gasteiger partial charge in [-0.1, -0.05) is 24.3 Å². The molecule has 56 valence electrons. The van der Waals surface area contributed by atoms with Crippen molar-refractivity contribution in [1.82, 2.24) is 0 Å².